The molecule has 1 aliphatic rings. The number of carbonyl (C=O) groups excluding carboxylic acids is 2. The maximum Gasteiger partial charge on any atom is 0.323 e. The smallest absolute Gasteiger partial charge is 0.323 e. The maximum absolute atomic E-state index is 12.4. The van der Waals surface area contributed by atoms with Crippen LogP contribution < -0.4 is 5.32 Å². The molecule has 1 aromatic heterocycles. The van der Waals surface area contributed by atoms with Crippen molar-refractivity contribution < 1.29 is 24.2 Å². The normalized spacial score (nSPS) is 20.9. The fraction of sp³-hybridized carbons (Fsp3) is 0.625. The average molecular weight is 369 g/mol. The number of likely N-dealkylation sites (tertiary alicyclic amines) is 1. The number of rotatable bonds is 4. The second-order valence-electron chi connectivity index (χ2n) is 6.87. The summed E-state index contributed by atoms with van der Waals surface area (Å²) in [4.78, 5) is 41.3. The number of carboxylic acids is 1. The summed E-state index contributed by atoms with van der Waals surface area (Å²) in [5.41, 5.74) is -0.405. The first-order chi connectivity index (χ1) is 11.6. The highest BCUT2D eigenvalue weighted by molar-refractivity contribution is 7.14. The first kappa shape index (κ1) is 19.2. The highest BCUT2D eigenvalue weighted by Crippen LogP contribution is 2.29. The Kier molecular flexibility index (Phi) is 5.66. The lowest BCUT2D eigenvalue weighted by Gasteiger charge is -2.34. The van der Waals surface area contributed by atoms with E-state index in [9.17, 15) is 19.5 Å². The number of hydrogen-bond acceptors (Lipinski definition) is 6. The van der Waals surface area contributed by atoms with Crippen molar-refractivity contribution in [3.63, 3.8) is 0 Å². The minimum Gasteiger partial charge on any atom is -0.481 e. The zero-order valence-electron chi connectivity index (χ0n) is 14.7. The lowest BCUT2D eigenvalue weighted by molar-refractivity contribution is -0.146. The lowest BCUT2D eigenvalue weighted by Crippen LogP contribution is -2.47. The van der Waals surface area contributed by atoms with Crippen LogP contribution in [0.5, 0.6) is 0 Å². The number of hydrogen-bond donors (Lipinski definition) is 2. The number of aromatic nitrogens is 1. The van der Waals surface area contributed by atoms with Gasteiger partial charge in [0.2, 0.25) is 0 Å². The van der Waals surface area contributed by atoms with Crippen LogP contribution in [0.4, 0.5) is 9.93 Å². The number of ether oxygens (including phenoxy) is 1. The fourth-order valence-corrected chi connectivity index (χ4v) is 3.71. The third-order valence-corrected chi connectivity index (χ3v) is 5.11. The monoisotopic (exact) mass is 369 g/mol. The summed E-state index contributed by atoms with van der Waals surface area (Å²) in [7, 11) is 1.32. The van der Waals surface area contributed by atoms with E-state index in [0.717, 1.165) is 0 Å². The van der Waals surface area contributed by atoms with Gasteiger partial charge >= 0.3 is 18.0 Å². The van der Waals surface area contributed by atoms with Crippen LogP contribution in [0.1, 0.15) is 32.9 Å². The fourth-order valence-electron chi connectivity index (χ4n) is 2.84. The van der Waals surface area contributed by atoms with Crippen LogP contribution >= 0.6 is 11.3 Å². The number of methoxy groups -OCH3 is 1. The van der Waals surface area contributed by atoms with E-state index in [0.29, 0.717) is 23.8 Å². The van der Waals surface area contributed by atoms with Crippen LogP contribution in [0.15, 0.2) is 5.38 Å². The van der Waals surface area contributed by atoms with E-state index in [1.807, 2.05) is 6.92 Å². The lowest BCUT2D eigenvalue weighted by atomic mass is 9.90. The van der Waals surface area contributed by atoms with E-state index in [1.54, 1.807) is 19.2 Å². The Balaban J connectivity index is 2.06. The first-order valence-corrected chi connectivity index (χ1v) is 8.86. The number of nitrogens with one attached hydrogen (secondary N) is 1. The second kappa shape index (κ2) is 7.38. The molecule has 1 aromatic rings. The summed E-state index contributed by atoms with van der Waals surface area (Å²) in [6, 6.07) is -0.380. The Bertz CT molecular complexity index is 672. The van der Waals surface area contributed by atoms with Crippen molar-refractivity contribution >= 4 is 34.4 Å². The number of piperidine rings is 1. The van der Waals surface area contributed by atoms with Crippen molar-refractivity contribution in [2.24, 2.45) is 11.8 Å². The molecular formula is C16H23N3O5S. The minimum atomic E-state index is -0.914. The predicted octanol–water partition coefficient (Wildman–Crippen LogP) is 2.17. The summed E-state index contributed by atoms with van der Waals surface area (Å²) < 4.78 is 4.78. The van der Waals surface area contributed by atoms with E-state index in [2.05, 4.69) is 10.3 Å². The van der Waals surface area contributed by atoms with Crippen LogP contribution in [0.2, 0.25) is 0 Å². The molecule has 0 aliphatic carbocycles. The van der Waals surface area contributed by atoms with Gasteiger partial charge in [-0.05, 0) is 26.2 Å². The first-order valence-electron chi connectivity index (χ1n) is 7.98. The molecule has 1 saturated heterocycles. The molecule has 1 fully saturated rings. The van der Waals surface area contributed by atoms with Gasteiger partial charge in [-0.25, -0.2) is 9.78 Å². The molecule has 2 atom stereocenters. The van der Waals surface area contributed by atoms with Gasteiger partial charge in [-0.1, -0.05) is 6.92 Å². The summed E-state index contributed by atoms with van der Waals surface area (Å²) >= 11 is 1.21. The van der Waals surface area contributed by atoms with Gasteiger partial charge in [0, 0.05) is 18.5 Å². The Morgan fingerprint density at radius 2 is 2.08 bits per heavy atom. The van der Waals surface area contributed by atoms with Gasteiger partial charge in [-0.2, -0.15) is 0 Å². The van der Waals surface area contributed by atoms with E-state index in [4.69, 9.17) is 4.74 Å². The molecule has 2 N–H and O–H groups in total. The van der Waals surface area contributed by atoms with Gasteiger partial charge in [0.05, 0.1) is 18.7 Å². The van der Waals surface area contributed by atoms with Crippen LogP contribution in [-0.2, 0) is 19.7 Å². The Morgan fingerprint density at radius 1 is 1.40 bits per heavy atom. The molecule has 8 nitrogen and oxygen atoms in total. The van der Waals surface area contributed by atoms with Crippen molar-refractivity contribution in [2.75, 3.05) is 25.5 Å². The van der Waals surface area contributed by atoms with Crippen molar-refractivity contribution in [2.45, 2.75) is 32.6 Å². The molecule has 1 aliphatic heterocycles. The van der Waals surface area contributed by atoms with Crippen molar-refractivity contribution in [3.8, 4) is 0 Å². The molecule has 2 rings (SSSR count). The number of aliphatic carboxylic acids is 1. The maximum atomic E-state index is 12.4. The standard InChI is InChI=1S/C16H23N3O5S/c1-9-5-10(12(20)21)7-19(6-9)15(23)18-14-17-11(8-25-14)16(2,3)13(22)24-4/h8-10H,5-7H2,1-4H3,(H,20,21)(H,17,18,23). The number of carboxylic acid groups (broad SMARTS) is 1. The van der Waals surface area contributed by atoms with Crippen LogP contribution in [0.25, 0.3) is 0 Å². The number of anilines is 1. The average Bonchev–Trinajstić information content (AvgIpc) is 3.02. The highest BCUT2D eigenvalue weighted by Gasteiger charge is 2.35. The number of nitrogens with zero attached hydrogens (tertiary/aromatic N) is 2. The molecule has 9 heteroatoms. The zero-order valence-corrected chi connectivity index (χ0v) is 15.6. The largest absolute Gasteiger partial charge is 0.481 e. The van der Waals surface area contributed by atoms with Gasteiger partial charge in [0.1, 0.15) is 5.41 Å². The van der Waals surface area contributed by atoms with E-state index in [-0.39, 0.29) is 18.5 Å². The minimum absolute atomic E-state index is 0.116. The Labute approximate surface area is 150 Å². The number of esters is 1. The molecule has 2 unspecified atom stereocenters. The van der Waals surface area contributed by atoms with Gasteiger partial charge < -0.3 is 14.7 Å². The van der Waals surface area contributed by atoms with E-state index >= 15 is 0 Å². The summed E-state index contributed by atoms with van der Waals surface area (Å²) in [5.74, 6) is -1.74. The van der Waals surface area contributed by atoms with E-state index in [1.165, 1.54) is 23.3 Å². The van der Waals surface area contributed by atoms with Crippen molar-refractivity contribution in [1.82, 2.24) is 9.88 Å². The van der Waals surface area contributed by atoms with E-state index < -0.39 is 23.3 Å². The van der Waals surface area contributed by atoms with Crippen LogP contribution in [0.3, 0.4) is 0 Å². The number of urea groups is 1. The topological polar surface area (TPSA) is 109 Å². The van der Waals surface area contributed by atoms with Crippen molar-refractivity contribution in [3.05, 3.63) is 11.1 Å². The van der Waals surface area contributed by atoms with Crippen LogP contribution in [0, 0.1) is 11.8 Å². The number of amides is 2. The van der Waals surface area contributed by atoms with Crippen molar-refractivity contribution in [1.29, 1.82) is 0 Å². The molecule has 0 radical (unpaired) electrons. The van der Waals surface area contributed by atoms with Gasteiger partial charge in [-0.3, -0.25) is 14.9 Å². The zero-order chi connectivity index (χ0) is 18.8. The molecule has 0 spiro atoms. The second-order valence-corrected chi connectivity index (χ2v) is 7.72. The number of carbonyl (C=O) groups is 3. The summed E-state index contributed by atoms with van der Waals surface area (Å²) in [6.45, 7) is 6.00. The molecule has 2 amide bonds. The van der Waals surface area contributed by atoms with Gasteiger partial charge in [0.15, 0.2) is 5.13 Å². The molecular weight excluding hydrogens is 346 g/mol. The van der Waals surface area contributed by atoms with Gasteiger partial charge in [0.25, 0.3) is 0 Å². The molecule has 0 aromatic carbocycles. The third-order valence-electron chi connectivity index (χ3n) is 4.35. The molecule has 25 heavy (non-hydrogen) atoms. The van der Waals surface area contributed by atoms with Crippen LogP contribution in [-0.4, -0.2) is 53.2 Å². The third kappa shape index (κ3) is 4.28. The molecule has 0 saturated carbocycles. The quantitative estimate of drug-likeness (QED) is 0.787. The molecule has 138 valence electrons. The molecule has 2 heterocycles. The molecule has 0 bridgehead atoms. The summed E-state index contributed by atoms with van der Waals surface area (Å²) in [5, 5.41) is 14.0. The summed E-state index contributed by atoms with van der Waals surface area (Å²) in [6.07, 6.45) is 0.563. The highest BCUT2D eigenvalue weighted by atomic mass is 32.1. The Hall–Kier alpha value is -2.16. The predicted molar refractivity (Wildman–Crippen MR) is 92.7 cm³/mol. The van der Waals surface area contributed by atoms with Gasteiger partial charge in [-0.15, -0.1) is 11.3 Å². The Morgan fingerprint density at radius 3 is 2.68 bits per heavy atom. The number of thiazole rings is 1. The SMILES string of the molecule is COC(=O)C(C)(C)c1csc(NC(=O)N2CC(C)CC(C(=O)O)C2)n1.